The van der Waals surface area contributed by atoms with Crippen LogP contribution in [0.25, 0.3) is 0 Å². The number of rotatable bonds is 5. The number of cyclic esters (lactones) is 1. The summed E-state index contributed by atoms with van der Waals surface area (Å²) in [4.78, 5) is 37.9. The molecule has 0 aromatic carbocycles. The summed E-state index contributed by atoms with van der Waals surface area (Å²) >= 11 is 0. The van der Waals surface area contributed by atoms with Crippen LogP contribution in [0.4, 0.5) is 0 Å². The molecule has 224 valence electrons. The Kier molecular flexibility index (Phi) is 7.23. The van der Waals surface area contributed by atoms with Crippen molar-refractivity contribution in [3.63, 3.8) is 0 Å². The maximum absolute atomic E-state index is 13.9. The molecule has 1 heterocycles. The van der Waals surface area contributed by atoms with E-state index >= 15 is 0 Å². The topological polar surface area (TPSA) is 69.7 Å². The molecule has 12 atom stereocenters. The largest absolute Gasteiger partial charge is 0.462 e. The van der Waals surface area contributed by atoms with Crippen molar-refractivity contribution in [2.75, 3.05) is 0 Å². The third kappa shape index (κ3) is 4.17. The highest BCUT2D eigenvalue weighted by Crippen LogP contribution is 2.74. The molecule has 4 fully saturated rings. The van der Waals surface area contributed by atoms with Gasteiger partial charge >= 0.3 is 11.9 Å². The van der Waals surface area contributed by atoms with Gasteiger partial charge in [-0.05, 0) is 103 Å². The van der Waals surface area contributed by atoms with Gasteiger partial charge in [-0.1, -0.05) is 61.0 Å². The Hall–Kier alpha value is -1.65. The number of fused-ring (bicyclic) bond motifs is 5. The van der Waals surface area contributed by atoms with Crippen LogP contribution in [0.3, 0.4) is 0 Å². The minimum atomic E-state index is -0.245. The second-order valence-electron chi connectivity index (χ2n) is 16.1. The summed E-state index contributed by atoms with van der Waals surface area (Å²) in [5, 5.41) is 0. The van der Waals surface area contributed by atoms with Crippen LogP contribution in [0, 0.1) is 63.1 Å². The van der Waals surface area contributed by atoms with Gasteiger partial charge in [0.1, 0.15) is 12.2 Å². The van der Waals surface area contributed by atoms with Crippen molar-refractivity contribution in [3.05, 3.63) is 11.6 Å². The van der Waals surface area contributed by atoms with Crippen molar-refractivity contribution in [2.45, 2.75) is 126 Å². The Labute approximate surface area is 242 Å². The van der Waals surface area contributed by atoms with Crippen LogP contribution in [-0.2, 0) is 23.9 Å². The Morgan fingerprint density at radius 2 is 1.77 bits per heavy atom. The second-order valence-corrected chi connectivity index (χ2v) is 16.1. The van der Waals surface area contributed by atoms with Crippen molar-refractivity contribution in [2.24, 2.45) is 63.1 Å². The van der Waals surface area contributed by atoms with Gasteiger partial charge in [-0.3, -0.25) is 14.4 Å². The predicted octanol–water partition coefficient (Wildman–Crippen LogP) is 7.56. The lowest BCUT2D eigenvalue weighted by Crippen LogP contribution is -2.57. The van der Waals surface area contributed by atoms with Crippen LogP contribution in [0.5, 0.6) is 0 Å². The molecule has 5 aliphatic rings. The van der Waals surface area contributed by atoms with Crippen LogP contribution in [0.1, 0.15) is 114 Å². The summed E-state index contributed by atoms with van der Waals surface area (Å²) in [5.74, 6) is 1.82. The fourth-order valence-corrected chi connectivity index (χ4v) is 11.0. The highest BCUT2D eigenvalue weighted by atomic mass is 16.6. The molecular weight excluding hydrogens is 500 g/mol. The van der Waals surface area contributed by atoms with Crippen LogP contribution in [0.15, 0.2) is 11.6 Å². The van der Waals surface area contributed by atoms with Gasteiger partial charge in [0.2, 0.25) is 0 Å². The maximum atomic E-state index is 13.9. The molecule has 1 aliphatic heterocycles. The first-order valence-electron chi connectivity index (χ1n) is 16.1. The number of hydrogen-bond acceptors (Lipinski definition) is 5. The molecular formula is C35H54O5. The summed E-state index contributed by atoms with van der Waals surface area (Å²) in [5.41, 5.74) is 1.57. The van der Waals surface area contributed by atoms with Gasteiger partial charge in [-0.25, -0.2) is 0 Å². The van der Waals surface area contributed by atoms with Crippen molar-refractivity contribution >= 4 is 17.7 Å². The first-order valence-corrected chi connectivity index (χ1v) is 16.1. The highest BCUT2D eigenvalue weighted by molar-refractivity contribution is 5.95. The number of ketones is 1. The molecule has 0 bridgehead atoms. The lowest BCUT2D eigenvalue weighted by Gasteiger charge is -2.62. The minimum Gasteiger partial charge on any atom is -0.462 e. The molecule has 40 heavy (non-hydrogen) atoms. The van der Waals surface area contributed by atoms with Crippen molar-refractivity contribution < 1.29 is 23.9 Å². The maximum Gasteiger partial charge on any atom is 0.309 e. The van der Waals surface area contributed by atoms with E-state index in [0.29, 0.717) is 24.2 Å². The zero-order valence-electron chi connectivity index (χ0n) is 26.8. The van der Waals surface area contributed by atoms with Gasteiger partial charge in [0, 0.05) is 18.8 Å². The summed E-state index contributed by atoms with van der Waals surface area (Å²) in [7, 11) is 0. The molecule has 0 N–H and O–H groups in total. The summed E-state index contributed by atoms with van der Waals surface area (Å²) < 4.78 is 11.3. The Morgan fingerprint density at radius 1 is 1.10 bits per heavy atom. The van der Waals surface area contributed by atoms with E-state index in [1.165, 1.54) is 25.3 Å². The van der Waals surface area contributed by atoms with Gasteiger partial charge in [0.25, 0.3) is 0 Å². The fourth-order valence-electron chi connectivity index (χ4n) is 11.0. The molecule has 4 aliphatic carbocycles. The molecule has 0 amide bonds. The molecule has 1 saturated heterocycles. The Balaban J connectivity index is 1.42. The quantitative estimate of drug-likeness (QED) is 0.328. The monoisotopic (exact) mass is 554 g/mol. The van der Waals surface area contributed by atoms with Crippen LogP contribution in [0.2, 0.25) is 0 Å². The molecule has 0 radical (unpaired) electrons. The van der Waals surface area contributed by atoms with E-state index in [1.807, 2.05) is 6.92 Å². The first kappa shape index (κ1) is 29.8. The van der Waals surface area contributed by atoms with Gasteiger partial charge in [0.05, 0.1) is 5.92 Å². The lowest BCUT2D eigenvalue weighted by molar-refractivity contribution is -0.162. The molecule has 5 heteroatoms. The fraction of sp³-hybridized carbons (Fsp3) is 0.857. The average molecular weight is 555 g/mol. The predicted molar refractivity (Wildman–Crippen MR) is 156 cm³/mol. The van der Waals surface area contributed by atoms with E-state index in [0.717, 1.165) is 25.7 Å². The number of ether oxygens (including phenoxy) is 2. The molecule has 0 aromatic heterocycles. The summed E-state index contributed by atoms with van der Waals surface area (Å²) in [6, 6.07) is 0. The van der Waals surface area contributed by atoms with E-state index in [4.69, 9.17) is 9.47 Å². The first-order chi connectivity index (χ1) is 18.5. The van der Waals surface area contributed by atoms with Crippen LogP contribution in [-0.4, -0.2) is 29.9 Å². The molecule has 0 spiro atoms. The number of carbonyl (C=O) groups is 3. The zero-order chi connectivity index (χ0) is 29.6. The molecule has 5 rings (SSSR count). The van der Waals surface area contributed by atoms with Gasteiger partial charge < -0.3 is 9.47 Å². The zero-order valence-corrected chi connectivity index (χ0v) is 26.8. The molecule has 5 nitrogen and oxygen atoms in total. The van der Waals surface area contributed by atoms with E-state index in [-0.39, 0.29) is 75.3 Å². The van der Waals surface area contributed by atoms with Crippen molar-refractivity contribution in [1.29, 1.82) is 0 Å². The number of carbonyl (C=O) groups excluding carboxylic acids is 3. The van der Waals surface area contributed by atoms with E-state index in [1.54, 1.807) is 0 Å². The standard InChI is InChI=1S/C35H54O5/c1-19-18-33(8)25-11-13-35(10)30(32(6,7)20(2)15-24-21(3)31(38)39-22(24)4)12-14-34(35,9)26(25)16-28(37)27(33)17-29(19)40-23(5)36/h16,19-22,24-25,27,29-30H,11-15,17-18H2,1-10H3/t19-,20+,21-,22+,24-,25?,27-,29+,30+,33+,34-,35+/m0/s1. The van der Waals surface area contributed by atoms with Crippen LogP contribution >= 0.6 is 0 Å². The van der Waals surface area contributed by atoms with E-state index in [9.17, 15) is 14.4 Å². The molecule has 0 aromatic rings. The van der Waals surface area contributed by atoms with Crippen LogP contribution < -0.4 is 0 Å². The van der Waals surface area contributed by atoms with Gasteiger partial charge in [-0.15, -0.1) is 0 Å². The number of hydrogen-bond donors (Lipinski definition) is 0. The molecule has 3 saturated carbocycles. The summed E-state index contributed by atoms with van der Waals surface area (Å²) in [6.07, 6.45) is 9.11. The van der Waals surface area contributed by atoms with E-state index in [2.05, 4.69) is 61.5 Å². The Bertz CT molecular complexity index is 1110. The second kappa shape index (κ2) is 9.69. The third-order valence-electron chi connectivity index (χ3n) is 14.1. The lowest BCUT2D eigenvalue weighted by atomic mass is 9.42. The molecule has 1 unspecified atom stereocenters. The smallest absolute Gasteiger partial charge is 0.309 e. The van der Waals surface area contributed by atoms with Crippen molar-refractivity contribution in [1.82, 2.24) is 0 Å². The average Bonchev–Trinajstić information content (AvgIpc) is 3.27. The number of esters is 2. The SMILES string of the molecule is CC(=O)O[C@@H]1C[C@H]2C(=O)C=C3C(CC[C@]4(C)[C@@H](C(C)(C)[C@H](C)C[C@H]5[C@H](C)C(=O)O[C@@H]5C)CC[C@@]34C)[C@@]2(C)C[C@@H]1C. The normalized spacial score (nSPS) is 47.5. The minimum absolute atomic E-state index is 0.00417. The Morgan fingerprint density at radius 3 is 2.38 bits per heavy atom. The van der Waals surface area contributed by atoms with Crippen molar-refractivity contribution in [3.8, 4) is 0 Å². The highest BCUT2D eigenvalue weighted by Gasteiger charge is 2.67. The third-order valence-corrected chi connectivity index (χ3v) is 14.1. The van der Waals surface area contributed by atoms with E-state index < -0.39 is 0 Å². The van der Waals surface area contributed by atoms with Gasteiger partial charge in [-0.2, -0.15) is 0 Å². The summed E-state index contributed by atoms with van der Waals surface area (Å²) in [6.45, 7) is 22.5. The number of allylic oxidation sites excluding steroid dienone is 2. The van der Waals surface area contributed by atoms with Gasteiger partial charge in [0.15, 0.2) is 5.78 Å².